The van der Waals surface area contributed by atoms with E-state index in [1.165, 1.54) is 0 Å². The highest BCUT2D eigenvalue weighted by atomic mass is 32.1. The maximum absolute atomic E-state index is 9.76. The lowest BCUT2D eigenvalue weighted by molar-refractivity contribution is -0.137. The second-order valence-electron chi connectivity index (χ2n) is 1.13. The van der Waals surface area contributed by atoms with E-state index in [0.29, 0.717) is 0 Å². The molecule has 3 nitrogen and oxygen atoms in total. The van der Waals surface area contributed by atoms with E-state index in [9.17, 15) is 4.79 Å². The smallest absolute Gasteiger partial charge is 0.321 e. The highest BCUT2D eigenvalue weighted by molar-refractivity contribution is 7.80. The van der Waals surface area contributed by atoms with Gasteiger partial charge in [-0.1, -0.05) is 0 Å². The molecule has 0 saturated carbocycles. The second kappa shape index (κ2) is 8.48. The number of rotatable bonds is 2. The van der Waals surface area contributed by atoms with Gasteiger partial charge in [-0.05, 0) is 0 Å². The maximum atomic E-state index is 9.76. The van der Waals surface area contributed by atoms with Crippen molar-refractivity contribution in [3.63, 3.8) is 0 Å². The molecule has 9 heavy (non-hydrogen) atoms. The molecule has 3 N–H and O–H groups in total. The van der Waals surface area contributed by atoms with Crippen LogP contribution in [0.25, 0.3) is 0 Å². The molecular formula is C3H11NO2S3. The molecule has 0 aromatic rings. The molecule has 0 rings (SSSR count). The van der Waals surface area contributed by atoms with E-state index in [-0.39, 0.29) is 32.7 Å². The molecule has 6 heteroatoms. The van der Waals surface area contributed by atoms with Crippen molar-refractivity contribution in [2.24, 2.45) is 5.73 Å². The quantitative estimate of drug-likeness (QED) is 0.516. The number of aliphatic carboxylic acids is 1. The van der Waals surface area contributed by atoms with Gasteiger partial charge in [-0.15, -0.1) is 0 Å². The largest absolute Gasteiger partial charge is 0.480 e. The van der Waals surface area contributed by atoms with Gasteiger partial charge in [0.05, 0.1) is 0 Å². The highest BCUT2D eigenvalue weighted by Gasteiger charge is 2.06. The Balaban J connectivity index is -0.000000180. The summed E-state index contributed by atoms with van der Waals surface area (Å²) in [5.74, 6) is -0.815. The van der Waals surface area contributed by atoms with Gasteiger partial charge < -0.3 is 10.8 Å². The SMILES string of the molecule is N[C@@H](CS)C(=O)O.S.S. The number of thiol groups is 1. The third kappa shape index (κ3) is 8.48. The van der Waals surface area contributed by atoms with Crippen LogP contribution in [0.1, 0.15) is 0 Å². The Morgan fingerprint density at radius 1 is 1.67 bits per heavy atom. The normalized spacial score (nSPS) is 10.4. The molecule has 0 unspecified atom stereocenters. The summed E-state index contributed by atoms with van der Waals surface area (Å²) in [4.78, 5) is 9.76. The van der Waals surface area contributed by atoms with Gasteiger partial charge in [0.25, 0.3) is 0 Å². The Labute approximate surface area is 73.3 Å². The summed E-state index contributed by atoms with van der Waals surface area (Å²) < 4.78 is 0. The highest BCUT2D eigenvalue weighted by Crippen LogP contribution is 1.80. The lowest BCUT2D eigenvalue weighted by Crippen LogP contribution is -2.31. The molecule has 0 aromatic carbocycles. The van der Waals surface area contributed by atoms with E-state index >= 15 is 0 Å². The summed E-state index contributed by atoms with van der Waals surface area (Å²) in [6.07, 6.45) is 0. The van der Waals surface area contributed by atoms with Crippen LogP contribution >= 0.6 is 39.6 Å². The Morgan fingerprint density at radius 3 is 2.00 bits per heavy atom. The van der Waals surface area contributed by atoms with E-state index in [1.54, 1.807) is 0 Å². The predicted octanol–water partition coefficient (Wildman–Crippen LogP) is -0.446. The first-order chi connectivity index (χ1) is 3.18. The molecule has 0 aliphatic carbocycles. The molecule has 0 fully saturated rings. The van der Waals surface area contributed by atoms with Crippen LogP contribution in [0, 0.1) is 0 Å². The van der Waals surface area contributed by atoms with Gasteiger partial charge in [-0.2, -0.15) is 39.6 Å². The number of carboxylic acid groups (broad SMARTS) is 1. The first-order valence-corrected chi connectivity index (χ1v) is 2.41. The minimum atomic E-state index is -1.00. The molecule has 0 aliphatic heterocycles. The first-order valence-electron chi connectivity index (χ1n) is 1.77. The zero-order valence-corrected chi connectivity index (χ0v) is 7.56. The summed E-state index contributed by atoms with van der Waals surface area (Å²) >= 11 is 3.65. The van der Waals surface area contributed by atoms with E-state index in [2.05, 4.69) is 12.6 Å². The molecule has 0 aliphatic rings. The lowest BCUT2D eigenvalue weighted by atomic mass is 10.4. The van der Waals surface area contributed by atoms with Crippen molar-refractivity contribution in [3.8, 4) is 0 Å². The third-order valence-electron chi connectivity index (χ3n) is 0.514. The number of carbonyl (C=O) groups is 1. The average Bonchev–Trinajstić information content (AvgIpc) is 1.65. The van der Waals surface area contributed by atoms with Crippen molar-refractivity contribution >= 4 is 45.6 Å². The van der Waals surface area contributed by atoms with Crippen LogP contribution in [-0.4, -0.2) is 22.9 Å². The van der Waals surface area contributed by atoms with Crippen LogP contribution in [0.3, 0.4) is 0 Å². The van der Waals surface area contributed by atoms with Crippen molar-refractivity contribution in [3.05, 3.63) is 0 Å². The second-order valence-corrected chi connectivity index (χ2v) is 1.49. The monoisotopic (exact) mass is 189 g/mol. The van der Waals surface area contributed by atoms with Gasteiger partial charge in [0, 0.05) is 5.75 Å². The number of nitrogens with two attached hydrogens (primary N) is 1. The van der Waals surface area contributed by atoms with Crippen LogP contribution in [0.4, 0.5) is 0 Å². The van der Waals surface area contributed by atoms with Gasteiger partial charge in [0.2, 0.25) is 0 Å². The number of hydrogen-bond acceptors (Lipinski definition) is 3. The van der Waals surface area contributed by atoms with E-state index < -0.39 is 12.0 Å². The van der Waals surface area contributed by atoms with Gasteiger partial charge in [0.15, 0.2) is 0 Å². The molecule has 0 bridgehead atoms. The Kier molecular flexibility index (Phi) is 15.3. The molecule has 0 saturated heterocycles. The summed E-state index contributed by atoms with van der Waals surface area (Å²) in [5.41, 5.74) is 4.94. The van der Waals surface area contributed by atoms with Gasteiger partial charge in [0.1, 0.15) is 6.04 Å². The van der Waals surface area contributed by atoms with Gasteiger partial charge in [-0.25, -0.2) is 0 Å². The summed E-state index contributed by atoms with van der Waals surface area (Å²) in [6.45, 7) is 0. The van der Waals surface area contributed by atoms with Crippen LogP contribution in [-0.2, 0) is 4.79 Å². The van der Waals surface area contributed by atoms with Crippen molar-refractivity contribution in [2.75, 3.05) is 5.75 Å². The molecule has 0 aromatic heterocycles. The van der Waals surface area contributed by atoms with E-state index in [1.807, 2.05) is 0 Å². The number of hydrogen-bond donors (Lipinski definition) is 3. The average molecular weight is 189 g/mol. The summed E-state index contributed by atoms with van der Waals surface area (Å²) in [5, 5.41) is 8.01. The van der Waals surface area contributed by atoms with Gasteiger partial charge >= 0.3 is 5.97 Å². The molecular weight excluding hydrogens is 178 g/mol. The summed E-state index contributed by atoms with van der Waals surface area (Å²) in [7, 11) is 0. The lowest BCUT2D eigenvalue weighted by Gasteiger charge is -1.96. The zero-order chi connectivity index (χ0) is 5.86. The molecule has 1 atom stereocenters. The first kappa shape index (κ1) is 16.2. The Morgan fingerprint density at radius 2 is 2.00 bits per heavy atom. The van der Waals surface area contributed by atoms with Crippen LogP contribution in [0.5, 0.6) is 0 Å². The standard InChI is InChI=1S/C3H7NO2S.2H2S/c4-2(1-7)3(5)6;;/h2,7H,1,4H2,(H,5,6);2*1H2/t2-;;/m0../s1. The molecule has 0 radical (unpaired) electrons. The molecule has 0 heterocycles. The Hall–Kier alpha value is 0.480. The van der Waals surface area contributed by atoms with Crippen LogP contribution < -0.4 is 5.73 Å². The van der Waals surface area contributed by atoms with Crippen molar-refractivity contribution in [1.82, 2.24) is 0 Å². The van der Waals surface area contributed by atoms with E-state index in [4.69, 9.17) is 10.8 Å². The minimum absolute atomic E-state index is 0. The minimum Gasteiger partial charge on any atom is -0.480 e. The van der Waals surface area contributed by atoms with E-state index in [0.717, 1.165) is 0 Å². The predicted molar refractivity (Wildman–Crippen MR) is 50.2 cm³/mol. The maximum Gasteiger partial charge on any atom is 0.321 e. The van der Waals surface area contributed by atoms with Crippen molar-refractivity contribution in [2.45, 2.75) is 6.04 Å². The fourth-order valence-corrected chi connectivity index (χ4v) is 0.234. The topological polar surface area (TPSA) is 63.3 Å². The van der Waals surface area contributed by atoms with Crippen molar-refractivity contribution in [1.29, 1.82) is 0 Å². The molecule has 0 spiro atoms. The van der Waals surface area contributed by atoms with Crippen LogP contribution in [0.2, 0.25) is 0 Å². The Bertz CT molecular complexity index is 79.5. The summed E-state index contributed by atoms with van der Waals surface area (Å²) in [6, 6.07) is -0.816. The fourth-order valence-electron chi connectivity index (χ4n) is 0.0781. The van der Waals surface area contributed by atoms with Crippen LogP contribution in [0.15, 0.2) is 0 Å². The fraction of sp³-hybridized carbons (Fsp3) is 0.667. The van der Waals surface area contributed by atoms with Gasteiger partial charge in [-0.3, -0.25) is 4.79 Å². The van der Waals surface area contributed by atoms with Crippen molar-refractivity contribution < 1.29 is 9.90 Å². The number of carboxylic acids is 1. The third-order valence-corrected chi connectivity index (χ3v) is 0.907. The molecule has 58 valence electrons. The zero-order valence-electron chi connectivity index (χ0n) is 4.66. The molecule has 0 amide bonds.